The quantitative estimate of drug-likeness (QED) is 0.629. The third kappa shape index (κ3) is 7.26. The molecular formula is C14H22BrNO4S. The lowest BCUT2D eigenvalue weighted by atomic mass is 10.2. The van der Waals surface area contributed by atoms with E-state index < -0.39 is 9.84 Å². The van der Waals surface area contributed by atoms with Crippen LogP contribution in [0, 0.1) is 0 Å². The summed E-state index contributed by atoms with van der Waals surface area (Å²) in [6.07, 6.45) is 0. The highest BCUT2D eigenvalue weighted by molar-refractivity contribution is 9.10. The minimum Gasteiger partial charge on any atom is -0.492 e. The van der Waals surface area contributed by atoms with Gasteiger partial charge in [0.15, 0.2) is 9.84 Å². The van der Waals surface area contributed by atoms with Crippen molar-refractivity contribution in [1.29, 1.82) is 0 Å². The van der Waals surface area contributed by atoms with Gasteiger partial charge in [-0.15, -0.1) is 0 Å². The summed E-state index contributed by atoms with van der Waals surface area (Å²) in [7, 11) is -1.35. The highest BCUT2D eigenvalue weighted by atomic mass is 79.9. The van der Waals surface area contributed by atoms with Crippen LogP contribution < -0.4 is 10.1 Å². The van der Waals surface area contributed by atoms with Crippen molar-refractivity contribution in [3.63, 3.8) is 0 Å². The largest absolute Gasteiger partial charge is 0.492 e. The van der Waals surface area contributed by atoms with Crippen LogP contribution in [0.5, 0.6) is 5.75 Å². The SMILES string of the molecule is CCS(=O)(=O)CCOc1ccc(Br)cc1CNCCOC. The van der Waals surface area contributed by atoms with Crippen molar-refractivity contribution >= 4 is 25.8 Å². The molecule has 7 heteroatoms. The second-order valence-electron chi connectivity index (χ2n) is 4.51. The standard InChI is InChI=1S/C14H22BrNO4S/c1-3-21(17,18)9-8-20-14-5-4-13(15)10-12(14)11-16-6-7-19-2/h4-5,10,16H,3,6-9,11H2,1-2H3. The first-order chi connectivity index (χ1) is 9.98. The van der Waals surface area contributed by atoms with E-state index in [0.29, 0.717) is 18.9 Å². The van der Waals surface area contributed by atoms with Crippen molar-refractivity contribution in [2.45, 2.75) is 13.5 Å². The predicted octanol–water partition coefficient (Wildman–Crippen LogP) is 2.00. The summed E-state index contributed by atoms with van der Waals surface area (Å²) in [6, 6.07) is 5.68. The third-order valence-corrected chi connectivity index (χ3v) is 5.07. The maximum atomic E-state index is 11.5. The van der Waals surface area contributed by atoms with Crippen molar-refractivity contribution < 1.29 is 17.9 Å². The number of nitrogens with one attached hydrogen (secondary N) is 1. The fraction of sp³-hybridized carbons (Fsp3) is 0.571. The van der Waals surface area contributed by atoms with E-state index in [1.165, 1.54) is 0 Å². The molecule has 0 aliphatic rings. The van der Waals surface area contributed by atoms with Crippen LogP contribution in [-0.4, -0.2) is 46.8 Å². The van der Waals surface area contributed by atoms with Crippen LogP contribution in [-0.2, 0) is 21.1 Å². The first-order valence-corrected chi connectivity index (χ1v) is 9.41. The Balaban J connectivity index is 2.59. The Morgan fingerprint density at radius 2 is 2.05 bits per heavy atom. The van der Waals surface area contributed by atoms with Gasteiger partial charge in [-0.05, 0) is 18.2 Å². The number of methoxy groups -OCH3 is 1. The molecule has 0 fully saturated rings. The van der Waals surface area contributed by atoms with Gasteiger partial charge in [0.2, 0.25) is 0 Å². The van der Waals surface area contributed by atoms with Gasteiger partial charge < -0.3 is 14.8 Å². The molecule has 0 bridgehead atoms. The molecule has 0 unspecified atom stereocenters. The molecule has 1 rings (SSSR count). The van der Waals surface area contributed by atoms with Crippen molar-refractivity contribution in [3.05, 3.63) is 28.2 Å². The summed E-state index contributed by atoms with van der Waals surface area (Å²) < 4.78 is 34.5. The number of hydrogen-bond acceptors (Lipinski definition) is 5. The molecule has 0 aliphatic carbocycles. The van der Waals surface area contributed by atoms with Crippen molar-refractivity contribution in [1.82, 2.24) is 5.32 Å². The molecular weight excluding hydrogens is 358 g/mol. The van der Waals surface area contributed by atoms with Gasteiger partial charge in [-0.1, -0.05) is 22.9 Å². The molecule has 0 amide bonds. The van der Waals surface area contributed by atoms with Crippen LogP contribution in [0.3, 0.4) is 0 Å². The fourth-order valence-electron chi connectivity index (χ4n) is 1.65. The van der Waals surface area contributed by atoms with Crippen LogP contribution in [0.2, 0.25) is 0 Å². The molecule has 120 valence electrons. The number of halogens is 1. The molecule has 0 spiro atoms. The summed E-state index contributed by atoms with van der Waals surface area (Å²) in [6.45, 7) is 3.83. The molecule has 0 aromatic heterocycles. The van der Waals surface area contributed by atoms with E-state index in [1.807, 2.05) is 18.2 Å². The van der Waals surface area contributed by atoms with E-state index in [1.54, 1.807) is 14.0 Å². The molecule has 0 radical (unpaired) electrons. The van der Waals surface area contributed by atoms with E-state index in [4.69, 9.17) is 9.47 Å². The van der Waals surface area contributed by atoms with E-state index in [2.05, 4.69) is 21.2 Å². The van der Waals surface area contributed by atoms with Gasteiger partial charge in [-0.2, -0.15) is 0 Å². The summed E-state index contributed by atoms with van der Waals surface area (Å²) in [5, 5.41) is 3.24. The lowest BCUT2D eigenvalue weighted by Gasteiger charge is -2.13. The first-order valence-electron chi connectivity index (χ1n) is 6.80. The van der Waals surface area contributed by atoms with Crippen molar-refractivity contribution in [3.8, 4) is 5.75 Å². The zero-order valence-corrected chi connectivity index (χ0v) is 14.8. The highest BCUT2D eigenvalue weighted by Gasteiger charge is 2.09. The molecule has 0 atom stereocenters. The van der Waals surface area contributed by atoms with Gasteiger partial charge in [-0.25, -0.2) is 8.42 Å². The average molecular weight is 380 g/mol. The molecule has 0 heterocycles. The van der Waals surface area contributed by atoms with Crippen LogP contribution >= 0.6 is 15.9 Å². The van der Waals surface area contributed by atoms with Gasteiger partial charge in [0, 0.05) is 36.0 Å². The van der Waals surface area contributed by atoms with Crippen LogP contribution in [0.25, 0.3) is 0 Å². The zero-order chi connectivity index (χ0) is 15.7. The Morgan fingerprint density at radius 1 is 1.29 bits per heavy atom. The van der Waals surface area contributed by atoms with Crippen LogP contribution in [0.15, 0.2) is 22.7 Å². The number of benzene rings is 1. The topological polar surface area (TPSA) is 64.6 Å². The van der Waals surface area contributed by atoms with Gasteiger partial charge in [0.25, 0.3) is 0 Å². The minimum atomic E-state index is -3.00. The lowest BCUT2D eigenvalue weighted by molar-refractivity contribution is 0.199. The Kier molecular flexibility index (Phi) is 8.24. The highest BCUT2D eigenvalue weighted by Crippen LogP contribution is 2.23. The number of hydrogen-bond donors (Lipinski definition) is 1. The van der Waals surface area contributed by atoms with E-state index >= 15 is 0 Å². The molecule has 1 aromatic rings. The molecule has 1 aromatic carbocycles. The van der Waals surface area contributed by atoms with E-state index in [0.717, 1.165) is 16.6 Å². The predicted molar refractivity (Wildman–Crippen MR) is 87.5 cm³/mol. The number of ether oxygens (including phenoxy) is 2. The maximum absolute atomic E-state index is 11.5. The second-order valence-corrected chi connectivity index (χ2v) is 7.89. The molecule has 21 heavy (non-hydrogen) atoms. The third-order valence-electron chi connectivity index (χ3n) is 2.91. The first kappa shape index (κ1) is 18.4. The van der Waals surface area contributed by atoms with E-state index in [9.17, 15) is 8.42 Å². The fourth-order valence-corrected chi connectivity index (χ4v) is 2.68. The lowest BCUT2D eigenvalue weighted by Crippen LogP contribution is -2.20. The summed E-state index contributed by atoms with van der Waals surface area (Å²) in [5.41, 5.74) is 0.981. The number of sulfone groups is 1. The summed E-state index contributed by atoms with van der Waals surface area (Å²) in [5.74, 6) is 0.882. The molecule has 0 saturated heterocycles. The monoisotopic (exact) mass is 379 g/mol. The molecule has 1 N–H and O–H groups in total. The van der Waals surface area contributed by atoms with E-state index in [-0.39, 0.29) is 18.1 Å². The van der Waals surface area contributed by atoms with Gasteiger partial charge in [-0.3, -0.25) is 0 Å². The Labute approximate surface area is 135 Å². The Morgan fingerprint density at radius 3 is 2.71 bits per heavy atom. The normalized spacial score (nSPS) is 11.6. The summed E-state index contributed by atoms with van der Waals surface area (Å²) in [4.78, 5) is 0. The van der Waals surface area contributed by atoms with Gasteiger partial charge in [0.05, 0.1) is 12.4 Å². The van der Waals surface area contributed by atoms with Crippen LogP contribution in [0.4, 0.5) is 0 Å². The summed E-state index contributed by atoms with van der Waals surface area (Å²) >= 11 is 3.43. The molecule has 0 saturated carbocycles. The van der Waals surface area contributed by atoms with Crippen molar-refractivity contribution in [2.24, 2.45) is 0 Å². The second kappa shape index (κ2) is 9.40. The number of rotatable bonds is 10. The van der Waals surface area contributed by atoms with Crippen molar-refractivity contribution in [2.75, 3.05) is 38.4 Å². The minimum absolute atomic E-state index is 0.0378. The van der Waals surface area contributed by atoms with Gasteiger partial charge in [0.1, 0.15) is 12.4 Å². The Hall–Kier alpha value is -0.630. The molecule has 0 aliphatic heterocycles. The average Bonchev–Trinajstić information content (AvgIpc) is 2.45. The zero-order valence-electron chi connectivity index (χ0n) is 12.4. The molecule has 5 nitrogen and oxygen atoms in total. The van der Waals surface area contributed by atoms with Crippen LogP contribution in [0.1, 0.15) is 12.5 Å². The Bertz CT molecular complexity index is 534. The smallest absolute Gasteiger partial charge is 0.153 e. The van der Waals surface area contributed by atoms with Gasteiger partial charge >= 0.3 is 0 Å². The maximum Gasteiger partial charge on any atom is 0.153 e.